The van der Waals surface area contributed by atoms with Gasteiger partial charge in [0, 0.05) is 43.0 Å². The van der Waals surface area contributed by atoms with Crippen molar-refractivity contribution in [2.45, 2.75) is 44.1 Å². The molecule has 0 atom stereocenters. The van der Waals surface area contributed by atoms with Gasteiger partial charge in [0.05, 0.1) is 18.3 Å². The van der Waals surface area contributed by atoms with Gasteiger partial charge in [-0.3, -0.25) is 4.79 Å². The van der Waals surface area contributed by atoms with Gasteiger partial charge in [-0.1, -0.05) is 0 Å². The van der Waals surface area contributed by atoms with Crippen LogP contribution in [0.2, 0.25) is 0 Å². The molecule has 1 aromatic carbocycles. The zero-order valence-corrected chi connectivity index (χ0v) is 15.2. The average Bonchev–Trinajstić information content (AvgIpc) is 2.86. The number of hydrogen-bond acceptors (Lipinski definition) is 3. The molecule has 142 valence electrons. The SMILES string of the molecule is COc1ccc2c(c1)c(C(=O)NCC1(O)CCC(F)(F)CC1)c(C)n2C. The first kappa shape index (κ1) is 18.6. The largest absolute Gasteiger partial charge is 0.497 e. The number of carbonyl (C=O) groups excluding carboxylic acids is 1. The Kier molecular flexibility index (Phi) is 4.69. The minimum absolute atomic E-state index is 0.0252. The van der Waals surface area contributed by atoms with Crippen LogP contribution in [-0.4, -0.2) is 40.8 Å². The predicted octanol–water partition coefficient (Wildman–Crippen LogP) is 3.17. The van der Waals surface area contributed by atoms with Crippen molar-refractivity contribution in [1.82, 2.24) is 9.88 Å². The van der Waals surface area contributed by atoms with Gasteiger partial charge in [-0.15, -0.1) is 0 Å². The molecule has 1 aliphatic carbocycles. The number of aromatic nitrogens is 1. The number of aryl methyl sites for hydroxylation is 1. The fraction of sp³-hybridized carbons (Fsp3) is 0.526. The summed E-state index contributed by atoms with van der Waals surface area (Å²) in [5.74, 6) is -2.41. The fourth-order valence-corrected chi connectivity index (χ4v) is 3.56. The van der Waals surface area contributed by atoms with Gasteiger partial charge in [-0.2, -0.15) is 0 Å². The van der Waals surface area contributed by atoms with E-state index in [0.29, 0.717) is 11.3 Å². The lowest BCUT2D eigenvalue weighted by atomic mass is 9.82. The molecule has 1 saturated carbocycles. The number of hydrogen-bond donors (Lipinski definition) is 2. The van der Waals surface area contributed by atoms with Crippen LogP contribution >= 0.6 is 0 Å². The van der Waals surface area contributed by atoms with Crippen molar-refractivity contribution in [3.8, 4) is 5.75 Å². The summed E-state index contributed by atoms with van der Waals surface area (Å²) in [5, 5.41) is 14.0. The van der Waals surface area contributed by atoms with Gasteiger partial charge in [0.25, 0.3) is 5.91 Å². The number of ether oxygens (including phenoxy) is 1. The van der Waals surface area contributed by atoms with Crippen molar-refractivity contribution in [3.05, 3.63) is 29.5 Å². The highest BCUT2D eigenvalue weighted by Crippen LogP contribution is 2.38. The van der Waals surface area contributed by atoms with Crippen LogP contribution in [0.5, 0.6) is 5.75 Å². The molecule has 0 aliphatic heterocycles. The van der Waals surface area contributed by atoms with Crippen LogP contribution in [0, 0.1) is 6.92 Å². The van der Waals surface area contributed by atoms with E-state index in [1.165, 1.54) is 0 Å². The van der Waals surface area contributed by atoms with Gasteiger partial charge < -0.3 is 19.7 Å². The third kappa shape index (κ3) is 3.40. The lowest BCUT2D eigenvalue weighted by Crippen LogP contribution is -2.47. The summed E-state index contributed by atoms with van der Waals surface area (Å²) in [6.45, 7) is 1.80. The molecule has 0 unspecified atom stereocenters. The molecular formula is C19H24F2N2O3. The van der Waals surface area contributed by atoms with Gasteiger partial charge in [0.15, 0.2) is 0 Å². The molecule has 7 heteroatoms. The minimum Gasteiger partial charge on any atom is -0.497 e. The number of halogens is 2. The second-order valence-corrected chi connectivity index (χ2v) is 7.17. The van der Waals surface area contributed by atoms with Crippen LogP contribution < -0.4 is 10.1 Å². The van der Waals surface area contributed by atoms with Gasteiger partial charge in [0.1, 0.15) is 5.75 Å². The molecule has 0 radical (unpaired) electrons. The quantitative estimate of drug-likeness (QED) is 0.874. The summed E-state index contributed by atoms with van der Waals surface area (Å²) >= 11 is 0. The average molecular weight is 366 g/mol. The summed E-state index contributed by atoms with van der Waals surface area (Å²) in [4.78, 5) is 12.8. The van der Waals surface area contributed by atoms with Crippen molar-refractivity contribution >= 4 is 16.8 Å². The Bertz CT molecular complexity index is 835. The predicted molar refractivity (Wildman–Crippen MR) is 94.9 cm³/mol. The topological polar surface area (TPSA) is 63.5 Å². The number of nitrogens with one attached hydrogen (secondary N) is 1. The number of nitrogens with zero attached hydrogens (tertiary/aromatic N) is 1. The molecule has 1 heterocycles. The number of aliphatic hydroxyl groups is 1. The van der Waals surface area contributed by atoms with E-state index < -0.39 is 11.5 Å². The number of rotatable bonds is 4. The number of fused-ring (bicyclic) bond motifs is 1. The maximum Gasteiger partial charge on any atom is 0.253 e. The molecule has 0 saturated heterocycles. The van der Waals surface area contributed by atoms with E-state index in [-0.39, 0.29) is 38.1 Å². The standard InChI is InChI=1S/C19H24F2N2O3/c1-12-16(14-10-13(26-3)4-5-15(14)23(12)2)17(24)22-11-18(25)6-8-19(20,21)9-7-18/h4-5,10,25H,6-9,11H2,1-3H3,(H,22,24). The Morgan fingerprint density at radius 1 is 1.31 bits per heavy atom. The molecule has 1 amide bonds. The van der Waals surface area contributed by atoms with E-state index >= 15 is 0 Å². The summed E-state index contributed by atoms with van der Waals surface area (Å²) in [7, 11) is 3.43. The van der Waals surface area contributed by atoms with Gasteiger partial charge in [-0.25, -0.2) is 8.78 Å². The first-order chi connectivity index (χ1) is 12.2. The van der Waals surface area contributed by atoms with E-state index in [0.717, 1.165) is 16.6 Å². The number of carbonyl (C=O) groups is 1. The van der Waals surface area contributed by atoms with E-state index in [1.807, 2.05) is 30.7 Å². The summed E-state index contributed by atoms with van der Waals surface area (Å²) in [6.07, 6.45) is -0.765. The molecule has 1 aliphatic rings. The second-order valence-electron chi connectivity index (χ2n) is 7.17. The van der Waals surface area contributed by atoms with E-state index in [1.54, 1.807) is 13.2 Å². The van der Waals surface area contributed by atoms with E-state index in [4.69, 9.17) is 4.74 Å². The normalized spacial score (nSPS) is 18.7. The number of amides is 1. The Balaban J connectivity index is 1.81. The molecule has 2 N–H and O–H groups in total. The minimum atomic E-state index is -2.72. The molecule has 2 aromatic rings. The zero-order chi connectivity index (χ0) is 19.1. The van der Waals surface area contributed by atoms with Crippen LogP contribution in [0.15, 0.2) is 18.2 Å². The van der Waals surface area contributed by atoms with Gasteiger partial charge >= 0.3 is 0 Å². The molecule has 0 bridgehead atoms. The summed E-state index contributed by atoms with van der Waals surface area (Å²) in [5.41, 5.74) is 0.900. The van der Waals surface area contributed by atoms with Crippen LogP contribution in [-0.2, 0) is 7.05 Å². The lowest BCUT2D eigenvalue weighted by molar-refractivity contribution is -0.101. The maximum absolute atomic E-state index is 13.3. The molecule has 1 fully saturated rings. The molecule has 26 heavy (non-hydrogen) atoms. The van der Waals surface area contributed by atoms with E-state index in [9.17, 15) is 18.7 Å². The van der Waals surface area contributed by atoms with Gasteiger partial charge in [-0.05, 0) is 38.0 Å². The number of methoxy groups -OCH3 is 1. The molecule has 0 spiro atoms. The monoisotopic (exact) mass is 366 g/mol. The van der Waals surface area contributed by atoms with Crippen molar-refractivity contribution < 1.29 is 23.4 Å². The second kappa shape index (κ2) is 6.54. The van der Waals surface area contributed by atoms with Crippen molar-refractivity contribution in [3.63, 3.8) is 0 Å². The highest BCUT2D eigenvalue weighted by atomic mass is 19.3. The van der Waals surface area contributed by atoms with Crippen LogP contribution in [0.1, 0.15) is 41.7 Å². The first-order valence-corrected chi connectivity index (χ1v) is 8.67. The third-order valence-corrected chi connectivity index (χ3v) is 5.42. The highest BCUT2D eigenvalue weighted by molar-refractivity contribution is 6.08. The molecule has 1 aromatic heterocycles. The van der Waals surface area contributed by atoms with Crippen molar-refractivity contribution in [2.24, 2.45) is 7.05 Å². The Labute approximate surface area is 150 Å². The van der Waals surface area contributed by atoms with Gasteiger partial charge in [0.2, 0.25) is 5.92 Å². The Morgan fingerprint density at radius 2 is 1.96 bits per heavy atom. The maximum atomic E-state index is 13.3. The Hall–Kier alpha value is -2.15. The third-order valence-electron chi connectivity index (χ3n) is 5.42. The van der Waals surface area contributed by atoms with Crippen molar-refractivity contribution in [1.29, 1.82) is 0 Å². The van der Waals surface area contributed by atoms with Crippen LogP contribution in [0.3, 0.4) is 0 Å². The smallest absolute Gasteiger partial charge is 0.253 e. The molecular weight excluding hydrogens is 342 g/mol. The van der Waals surface area contributed by atoms with Crippen LogP contribution in [0.25, 0.3) is 10.9 Å². The molecule has 5 nitrogen and oxygen atoms in total. The number of alkyl halides is 2. The van der Waals surface area contributed by atoms with E-state index in [2.05, 4.69) is 5.32 Å². The van der Waals surface area contributed by atoms with Crippen LogP contribution in [0.4, 0.5) is 8.78 Å². The van der Waals surface area contributed by atoms with Crippen molar-refractivity contribution in [2.75, 3.05) is 13.7 Å². The lowest BCUT2D eigenvalue weighted by Gasteiger charge is -2.35. The highest BCUT2D eigenvalue weighted by Gasteiger charge is 2.42. The number of benzene rings is 1. The zero-order valence-electron chi connectivity index (χ0n) is 15.2. The fourth-order valence-electron chi connectivity index (χ4n) is 3.56. The Morgan fingerprint density at radius 3 is 2.58 bits per heavy atom. The summed E-state index contributed by atoms with van der Waals surface area (Å²) < 4.78 is 33.8. The first-order valence-electron chi connectivity index (χ1n) is 8.67. The summed E-state index contributed by atoms with van der Waals surface area (Å²) in [6, 6.07) is 5.51. The molecule has 3 rings (SSSR count).